The van der Waals surface area contributed by atoms with Crippen LogP contribution in [0.1, 0.15) is 72.1 Å². The number of sulfonamides is 1. The number of nitrogens with one attached hydrogen (secondary N) is 1. The van der Waals surface area contributed by atoms with Crippen LogP contribution in [0.5, 0.6) is 11.8 Å². The molecular weight excluding hydrogens is 771 g/mol. The molecule has 4 heterocycles. The number of alkyl halides is 6. The van der Waals surface area contributed by atoms with Gasteiger partial charge in [-0.3, -0.25) is 4.79 Å². The second-order valence-corrected chi connectivity index (χ2v) is 14.8. The molecule has 0 radical (unpaired) electrons. The zero-order chi connectivity index (χ0) is 39.7. The Balaban J connectivity index is 0.000000293. The number of aromatic nitrogens is 6. The number of pyridine rings is 2. The Labute approximate surface area is 310 Å². The summed E-state index contributed by atoms with van der Waals surface area (Å²) < 4.78 is 115. The van der Waals surface area contributed by atoms with E-state index in [1.807, 2.05) is 4.72 Å². The Morgan fingerprint density at radius 3 is 1.51 bits per heavy atom. The molecule has 302 valence electrons. The lowest BCUT2D eigenvalue weighted by Crippen LogP contribution is -3.00. The molecule has 2 aliphatic carbocycles. The van der Waals surface area contributed by atoms with Gasteiger partial charge in [0.05, 0.1) is 52.8 Å². The summed E-state index contributed by atoms with van der Waals surface area (Å²) in [7, 11) is -3.70. The van der Waals surface area contributed by atoms with Crippen LogP contribution in [0, 0.1) is 24.7 Å². The molecule has 0 bridgehead atoms. The van der Waals surface area contributed by atoms with Gasteiger partial charge in [-0.15, -0.1) is 10.2 Å². The van der Waals surface area contributed by atoms with Gasteiger partial charge in [-0.1, -0.05) is 0 Å². The maximum Gasteiger partial charge on any atom is 0.394 e. The first-order valence-corrected chi connectivity index (χ1v) is 18.2. The van der Waals surface area contributed by atoms with E-state index in [0.29, 0.717) is 17.3 Å². The minimum absolute atomic E-state index is 0. The SMILES string of the molecule is Cc1nc(-n2ccc(OCCC3(C(F)(F)F)CC3)n2)ccc1C(=O)NS(C)(=O)=O.Cc1nc(-n2ccc(OCCC3(C(F)(F)F)CC3)n2)ccc1C(=O)O.[2H-].[F-]. The van der Waals surface area contributed by atoms with Crippen LogP contribution in [0.2, 0.25) is 0 Å². The van der Waals surface area contributed by atoms with Crippen LogP contribution in [0.4, 0.5) is 26.3 Å². The summed E-state index contributed by atoms with van der Waals surface area (Å²) in [6.45, 7) is 2.93. The molecule has 0 atom stereocenters. The monoisotopic (exact) mass is 808 g/mol. The highest BCUT2D eigenvalue weighted by atomic mass is 32.2. The van der Waals surface area contributed by atoms with Crippen molar-refractivity contribution in [2.75, 3.05) is 19.5 Å². The molecule has 55 heavy (non-hydrogen) atoms. The van der Waals surface area contributed by atoms with E-state index in [1.165, 1.54) is 58.9 Å². The van der Waals surface area contributed by atoms with Gasteiger partial charge >= 0.3 is 18.3 Å². The number of carbonyl (C=O) groups excluding carboxylic acids is 1. The third kappa shape index (κ3) is 10.3. The highest BCUT2D eigenvalue weighted by Gasteiger charge is 2.63. The molecule has 22 heteroatoms. The van der Waals surface area contributed by atoms with Crippen molar-refractivity contribution in [3.63, 3.8) is 0 Å². The Morgan fingerprint density at radius 1 is 0.782 bits per heavy atom. The first-order chi connectivity index (χ1) is 25.1. The van der Waals surface area contributed by atoms with Gasteiger partial charge in [-0.25, -0.2) is 37.3 Å². The smallest absolute Gasteiger partial charge is 0.394 e. The zero-order valence-electron chi connectivity index (χ0n) is 30.4. The Bertz CT molecular complexity index is 2140. The molecule has 2 aliphatic rings. The molecule has 6 rings (SSSR count). The molecule has 0 aromatic carbocycles. The van der Waals surface area contributed by atoms with Crippen molar-refractivity contribution in [1.82, 2.24) is 34.3 Å². The molecule has 2 fully saturated rings. The summed E-state index contributed by atoms with van der Waals surface area (Å²) in [5.74, 6) is -0.790. The fraction of sp³-hybridized carbons (Fsp3) is 0.455. The van der Waals surface area contributed by atoms with E-state index in [2.05, 4.69) is 20.2 Å². The maximum absolute atomic E-state index is 12.9. The number of halogens is 7. The number of aryl methyl sites for hydroxylation is 2. The van der Waals surface area contributed by atoms with Crippen molar-refractivity contribution in [1.29, 1.82) is 0 Å². The lowest BCUT2D eigenvalue weighted by Gasteiger charge is -2.18. The van der Waals surface area contributed by atoms with Crippen molar-refractivity contribution < 1.29 is 65.1 Å². The average Bonchev–Trinajstić information content (AvgIpc) is 3.93. The quantitative estimate of drug-likeness (QED) is 0.190. The van der Waals surface area contributed by atoms with E-state index in [9.17, 15) is 44.3 Å². The predicted molar refractivity (Wildman–Crippen MR) is 178 cm³/mol. The lowest BCUT2D eigenvalue weighted by atomic mass is 10.0. The van der Waals surface area contributed by atoms with Gasteiger partial charge in [0.1, 0.15) is 0 Å². The molecular formula is C33H36F7N7O7S-2. The number of hydrogen-bond acceptors (Lipinski definition) is 10. The van der Waals surface area contributed by atoms with Crippen molar-refractivity contribution >= 4 is 21.9 Å². The van der Waals surface area contributed by atoms with Crippen LogP contribution in [-0.4, -0.2) is 86.8 Å². The number of carbonyl (C=O) groups is 2. The van der Waals surface area contributed by atoms with Gasteiger partial charge in [-0.2, -0.15) is 26.3 Å². The molecule has 1 amide bonds. The van der Waals surface area contributed by atoms with Gasteiger partial charge in [0.15, 0.2) is 11.6 Å². The second-order valence-electron chi connectivity index (χ2n) is 13.1. The minimum atomic E-state index is -4.22. The maximum atomic E-state index is 12.9. The number of hydrogen-bond donors (Lipinski definition) is 2. The van der Waals surface area contributed by atoms with Crippen LogP contribution in [0.3, 0.4) is 0 Å². The van der Waals surface area contributed by atoms with E-state index in [4.69, 9.17) is 14.6 Å². The van der Waals surface area contributed by atoms with E-state index in [0.717, 1.165) is 6.26 Å². The molecule has 14 nitrogen and oxygen atoms in total. The second kappa shape index (κ2) is 15.8. The van der Waals surface area contributed by atoms with Gasteiger partial charge < -0.3 is 20.7 Å². The Hall–Kier alpha value is -5.28. The van der Waals surface area contributed by atoms with Gasteiger partial charge in [0, 0.05) is 24.5 Å². The summed E-state index contributed by atoms with van der Waals surface area (Å²) in [5.41, 5.74) is -2.43. The predicted octanol–water partition coefficient (Wildman–Crippen LogP) is 2.88. The number of aromatic carboxylic acids is 1. The van der Waals surface area contributed by atoms with Crippen molar-refractivity contribution in [2.45, 2.75) is 64.7 Å². The molecule has 0 unspecified atom stereocenters. The summed E-state index contributed by atoms with van der Waals surface area (Å²) in [4.78, 5) is 31.3. The molecule has 2 N–H and O–H groups in total. The highest BCUT2D eigenvalue weighted by molar-refractivity contribution is 7.89. The van der Waals surface area contributed by atoms with Gasteiger partial charge in [0.25, 0.3) is 5.91 Å². The van der Waals surface area contributed by atoms with Gasteiger partial charge in [0.2, 0.25) is 21.8 Å². The number of ether oxygens (including phenoxy) is 2. The third-order valence-electron chi connectivity index (χ3n) is 9.06. The van der Waals surface area contributed by atoms with E-state index in [-0.39, 0.29) is 86.5 Å². The Morgan fingerprint density at radius 2 is 1.18 bits per heavy atom. The lowest BCUT2D eigenvalue weighted by molar-refractivity contribution is -0.190. The topological polar surface area (TPSA) is 180 Å². The number of amides is 1. The normalized spacial score (nSPS) is 15.5. The van der Waals surface area contributed by atoms with E-state index < -0.39 is 45.1 Å². The minimum Gasteiger partial charge on any atom is -1.00 e. The van der Waals surface area contributed by atoms with E-state index >= 15 is 0 Å². The van der Waals surface area contributed by atoms with Crippen molar-refractivity contribution in [3.05, 3.63) is 71.3 Å². The summed E-state index contributed by atoms with van der Waals surface area (Å²) in [6.07, 6.45) is -4.15. The van der Waals surface area contributed by atoms with Crippen LogP contribution in [0.25, 0.3) is 11.6 Å². The first-order valence-electron chi connectivity index (χ1n) is 16.3. The standard InChI is InChI=1S/C17H19F3N4O4S.C16H16F3N3O3.FH.H/c1-11-12(15(25)23-29(2,26)27)3-4-13(21-11)24-9-5-14(22-24)28-10-8-16(6-7-16)17(18,19)20;1-10-11(14(23)24)2-3-12(20-10)22-8-4-13(21-22)25-9-7-15(5-6-15)16(17,18)19;;/h3-5,9H,6-8,10H2,1-2H3,(H,23,25);2-4,8H,5-7,9H2,1H3,(H,23,24);1H;/q;;;-1/p-1/i;;;1+1. The summed E-state index contributed by atoms with van der Waals surface area (Å²) in [6, 6.07) is 8.80. The highest BCUT2D eigenvalue weighted by Crippen LogP contribution is 2.60. The molecule has 4 aromatic rings. The van der Waals surface area contributed by atoms with Crippen LogP contribution < -0.4 is 18.9 Å². The molecule has 0 aliphatic heterocycles. The summed E-state index contributed by atoms with van der Waals surface area (Å²) >= 11 is 0. The van der Waals surface area contributed by atoms with Crippen molar-refractivity contribution in [3.8, 4) is 23.4 Å². The van der Waals surface area contributed by atoms with Crippen LogP contribution in [0.15, 0.2) is 48.8 Å². The average molecular weight is 809 g/mol. The number of rotatable bonds is 13. The third-order valence-corrected chi connectivity index (χ3v) is 9.62. The van der Waals surface area contributed by atoms with Gasteiger partial charge in [-0.05, 0) is 76.6 Å². The fourth-order valence-electron chi connectivity index (χ4n) is 5.42. The number of carboxylic acid groups (broad SMARTS) is 1. The number of carboxylic acids is 1. The van der Waals surface area contributed by atoms with Crippen molar-refractivity contribution in [2.24, 2.45) is 10.8 Å². The fourth-order valence-corrected chi connectivity index (χ4v) is 5.86. The number of nitrogens with zero attached hydrogens (tertiary/aromatic N) is 6. The summed E-state index contributed by atoms with van der Waals surface area (Å²) in [5, 5.41) is 17.2. The zero-order valence-corrected chi connectivity index (χ0v) is 30.2. The largest absolute Gasteiger partial charge is 1.00 e. The molecule has 4 aromatic heterocycles. The van der Waals surface area contributed by atoms with Crippen LogP contribution >= 0.6 is 0 Å². The van der Waals surface area contributed by atoms with E-state index in [1.54, 1.807) is 13.1 Å². The first kappa shape index (κ1) is 42.5. The molecule has 0 spiro atoms. The molecule has 2 saturated carbocycles. The van der Waals surface area contributed by atoms with Crippen LogP contribution in [-0.2, 0) is 10.0 Å². The molecule has 0 saturated heterocycles. The Kier molecular flexibility index (Phi) is 12.2.